The highest BCUT2D eigenvalue weighted by atomic mass is 16.5. The third-order valence-electron chi connectivity index (χ3n) is 4.67. The van der Waals surface area contributed by atoms with Crippen LogP contribution >= 0.6 is 0 Å². The highest BCUT2D eigenvalue weighted by Crippen LogP contribution is 2.21. The van der Waals surface area contributed by atoms with Gasteiger partial charge in [-0.3, -0.25) is 9.59 Å². The Morgan fingerprint density at radius 3 is 2.67 bits per heavy atom. The minimum absolute atomic E-state index is 0.360. The molecule has 0 unspecified atom stereocenters. The lowest BCUT2D eigenvalue weighted by Crippen LogP contribution is -2.42. The van der Waals surface area contributed by atoms with E-state index in [0.717, 1.165) is 31.7 Å². The summed E-state index contributed by atoms with van der Waals surface area (Å²) >= 11 is 0. The number of carbonyl (C=O) groups is 2. The molecule has 27 heavy (non-hydrogen) atoms. The van der Waals surface area contributed by atoms with Gasteiger partial charge in [-0.1, -0.05) is 12.1 Å². The number of piperidine rings is 1. The standard InChI is InChI=1S/C20H24N4O3/c1-27-17-6-4-5-16(13-17)23-20(26)19(25)22-14-15-8-11-24(12-9-15)18-7-2-3-10-21-18/h2-7,10,13,15H,8-9,11-12,14H2,1H3,(H,22,25)(H,23,26). The van der Waals surface area contributed by atoms with E-state index in [1.165, 1.54) is 0 Å². The minimum Gasteiger partial charge on any atom is -0.497 e. The smallest absolute Gasteiger partial charge is 0.313 e. The molecule has 1 aromatic heterocycles. The highest BCUT2D eigenvalue weighted by molar-refractivity contribution is 6.39. The number of benzene rings is 1. The lowest BCUT2D eigenvalue weighted by atomic mass is 9.97. The number of pyridine rings is 1. The molecule has 142 valence electrons. The van der Waals surface area contributed by atoms with Gasteiger partial charge in [-0.15, -0.1) is 0 Å². The number of amides is 2. The Hall–Kier alpha value is -3.09. The maximum absolute atomic E-state index is 12.1. The topological polar surface area (TPSA) is 83.6 Å². The molecule has 2 N–H and O–H groups in total. The van der Waals surface area contributed by atoms with Crippen LogP contribution in [-0.4, -0.2) is 43.5 Å². The number of nitrogens with zero attached hydrogens (tertiary/aromatic N) is 2. The van der Waals surface area contributed by atoms with Crippen LogP contribution in [0.15, 0.2) is 48.7 Å². The first kappa shape index (κ1) is 18.7. The van der Waals surface area contributed by atoms with Crippen molar-refractivity contribution in [2.45, 2.75) is 12.8 Å². The second-order valence-corrected chi connectivity index (χ2v) is 6.51. The molecule has 2 amide bonds. The van der Waals surface area contributed by atoms with Gasteiger partial charge >= 0.3 is 11.8 Å². The second-order valence-electron chi connectivity index (χ2n) is 6.51. The van der Waals surface area contributed by atoms with E-state index in [4.69, 9.17) is 4.74 Å². The first-order valence-corrected chi connectivity index (χ1v) is 9.05. The number of nitrogens with one attached hydrogen (secondary N) is 2. The molecular formula is C20H24N4O3. The fourth-order valence-corrected chi connectivity index (χ4v) is 3.11. The van der Waals surface area contributed by atoms with Crippen molar-refractivity contribution in [3.8, 4) is 5.75 Å². The minimum atomic E-state index is -0.672. The van der Waals surface area contributed by atoms with Crippen molar-refractivity contribution in [2.24, 2.45) is 5.92 Å². The molecule has 0 bridgehead atoms. The van der Waals surface area contributed by atoms with Gasteiger partial charge in [0.15, 0.2) is 0 Å². The van der Waals surface area contributed by atoms with Gasteiger partial charge in [0.2, 0.25) is 0 Å². The summed E-state index contributed by atoms with van der Waals surface area (Å²) in [7, 11) is 1.55. The van der Waals surface area contributed by atoms with Gasteiger partial charge in [-0.05, 0) is 43.0 Å². The molecule has 0 radical (unpaired) electrons. The van der Waals surface area contributed by atoms with Crippen molar-refractivity contribution >= 4 is 23.3 Å². The Labute approximate surface area is 158 Å². The van der Waals surface area contributed by atoms with Crippen LogP contribution in [0.2, 0.25) is 0 Å². The molecule has 2 heterocycles. The summed E-state index contributed by atoms with van der Waals surface area (Å²) in [6.45, 7) is 2.29. The normalized spacial score (nSPS) is 14.5. The summed E-state index contributed by atoms with van der Waals surface area (Å²) in [6, 6.07) is 12.8. The van der Waals surface area contributed by atoms with Gasteiger partial charge in [-0.2, -0.15) is 0 Å². The van der Waals surface area contributed by atoms with E-state index in [0.29, 0.717) is 23.9 Å². The average molecular weight is 368 g/mol. The molecule has 1 saturated heterocycles. The van der Waals surface area contributed by atoms with Crippen molar-refractivity contribution in [3.63, 3.8) is 0 Å². The predicted octanol–water partition coefficient (Wildman–Crippen LogP) is 2.06. The number of hydrogen-bond acceptors (Lipinski definition) is 5. The molecule has 7 nitrogen and oxygen atoms in total. The van der Waals surface area contributed by atoms with Gasteiger partial charge in [0, 0.05) is 37.6 Å². The maximum atomic E-state index is 12.1. The van der Waals surface area contributed by atoms with Crippen molar-refractivity contribution in [2.75, 3.05) is 37.0 Å². The molecule has 1 aromatic carbocycles. The lowest BCUT2D eigenvalue weighted by Gasteiger charge is -2.32. The predicted molar refractivity (Wildman–Crippen MR) is 104 cm³/mol. The molecule has 0 spiro atoms. The summed E-state index contributed by atoms with van der Waals surface area (Å²) in [5, 5.41) is 5.32. The maximum Gasteiger partial charge on any atom is 0.313 e. The van der Waals surface area contributed by atoms with E-state index in [2.05, 4.69) is 20.5 Å². The number of carbonyl (C=O) groups excluding carboxylic acids is 2. The van der Waals surface area contributed by atoms with E-state index in [-0.39, 0.29) is 0 Å². The number of aromatic nitrogens is 1. The number of rotatable bonds is 5. The van der Waals surface area contributed by atoms with Gasteiger partial charge in [0.25, 0.3) is 0 Å². The zero-order chi connectivity index (χ0) is 19.1. The SMILES string of the molecule is COc1cccc(NC(=O)C(=O)NCC2CCN(c3ccccn3)CC2)c1. The number of anilines is 2. The van der Waals surface area contributed by atoms with Crippen LogP contribution in [0.1, 0.15) is 12.8 Å². The molecule has 0 atom stereocenters. The van der Waals surface area contributed by atoms with Crippen LogP contribution in [0.4, 0.5) is 11.5 Å². The van der Waals surface area contributed by atoms with E-state index >= 15 is 0 Å². The molecular weight excluding hydrogens is 344 g/mol. The molecule has 3 rings (SSSR count). The summed E-state index contributed by atoms with van der Waals surface area (Å²) in [5.74, 6) is 0.670. The molecule has 2 aromatic rings. The van der Waals surface area contributed by atoms with Crippen LogP contribution < -0.4 is 20.3 Å². The van der Waals surface area contributed by atoms with Gasteiger partial charge in [0.05, 0.1) is 7.11 Å². The molecule has 1 aliphatic rings. The fourth-order valence-electron chi connectivity index (χ4n) is 3.11. The van der Waals surface area contributed by atoms with Crippen molar-refractivity contribution in [1.29, 1.82) is 0 Å². The second kappa shape index (κ2) is 9.02. The number of methoxy groups -OCH3 is 1. The largest absolute Gasteiger partial charge is 0.497 e. The number of ether oxygens (including phenoxy) is 1. The molecule has 7 heteroatoms. The van der Waals surface area contributed by atoms with Crippen LogP contribution in [0.5, 0.6) is 5.75 Å². The lowest BCUT2D eigenvalue weighted by molar-refractivity contribution is -0.136. The monoisotopic (exact) mass is 368 g/mol. The first-order chi connectivity index (χ1) is 13.2. The molecule has 1 aliphatic heterocycles. The van der Waals surface area contributed by atoms with E-state index < -0.39 is 11.8 Å². The third-order valence-corrected chi connectivity index (χ3v) is 4.67. The Kier molecular flexibility index (Phi) is 6.25. The van der Waals surface area contributed by atoms with Gasteiger partial charge in [0.1, 0.15) is 11.6 Å². The zero-order valence-electron chi connectivity index (χ0n) is 15.4. The van der Waals surface area contributed by atoms with Gasteiger partial charge < -0.3 is 20.3 Å². The zero-order valence-corrected chi connectivity index (χ0v) is 15.4. The summed E-state index contributed by atoms with van der Waals surface area (Å²) in [5.41, 5.74) is 0.526. The molecule has 0 aliphatic carbocycles. The van der Waals surface area contributed by atoms with E-state index in [9.17, 15) is 9.59 Å². The van der Waals surface area contributed by atoms with E-state index in [1.807, 2.05) is 18.2 Å². The number of hydrogen-bond donors (Lipinski definition) is 2. The highest BCUT2D eigenvalue weighted by Gasteiger charge is 2.22. The van der Waals surface area contributed by atoms with Gasteiger partial charge in [-0.25, -0.2) is 4.98 Å². The Balaban J connectivity index is 1.42. The first-order valence-electron chi connectivity index (χ1n) is 9.05. The van der Waals surface area contributed by atoms with Crippen molar-refractivity contribution in [3.05, 3.63) is 48.7 Å². The van der Waals surface area contributed by atoms with Crippen LogP contribution in [-0.2, 0) is 9.59 Å². The Morgan fingerprint density at radius 1 is 1.15 bits per heavy atom. The molecule has 1 fully saturated rings. The fraction of sp³-hybridized carbons (Fsp3) is 0.350. The van der Waals surface area contributed by atoms with Crippen LogP contribution in [0, 0.1) is 5.92 Å². The average Bonchev–Trinajstić information content (AvgIpc) is 2.73. The molecule has 0 saturated carbocycles. The summed E-state index contributed by atoms with van der Waals surface area (Å²) < 4.78 is 5.10. The Morgan fingerprint density at radius 2 is 1.96 bits per heavy atom. The third kappa shape index (κ3) is 5.20. The van der Waals surface area contributed by atoms with Crippen molar-refractivity contribution < 1.29 is 14.3 Å². The van der Waals surface area contributed by atoms with Crippen LogP contribution in [0.25, 0.3) is 0 Å². The summed E-state index contributed by atoms with van der Waals surface area (Å²) in [4.78, 5) is 30.7. The summed E-state index contributed by atoms with van der Waals surface area (Å²) in [6.07, 6.45) is 3.70. The quantitative estimate of drug-likeness (QED) is 0.790. The van der Waals surface area contributed by atoms with E-state index in [1.54, 1.807) is 37.6 Å². The van der Waals surface area contributed by atoms with Crippen LogP contribution in [0.3, 0.4) is 0 Å². The Bertz CT molecular complexity index is 774. The van der Waals surface area contributed by atoms with Crippen molar-refractivity contribution in [1.82, 2.24) is 10.3 Å².